The third-order valence-electron chi connectivity index (χ3n) is 5.43. The fraction of sp³-hybridized carbons (Fsp3) is 0.400. The number of nitrogens with zero attached hydrogens (tertiary/aromatic N) is 4. The first-order valence-corrected chi connectivity index (χ1v) is 9.61. The normalized spacial score (nSPS) is 23.6. The van der Waals surface area contributed by atoms with E-state index < -0.39 is 6.10 Å². The Kier molecular flexibility index (Phi) is 5.29. The molecule has 2 aliphatic rings. The first kappa shape index (κ1) is 18.2. The van der Waals surface area contributed by atoms with Crippen LogP contribution in [-0.4, -0.2) is 77.2 Å². The number of β-amino-alcohol motifs (C(OH)–C–C–N with tert-alkyl or cyclic N) is 1. The second kappa shape index (κ2) is 7.84. The first-order chi connectivity index (χ1) is 13.1. The average molecular weight is 387 g/mol. The van der Waals surface area contributed by atoms with Crippen LogP contribution in [0.25, 0.3) is 0 Å². The van der Waals surface area contributed by atoms with Crippen molar-refractivity contribution in [3.63, 3.8) is 0 Å². The van der Waals surface area contributed by atoms with Gasteiger partial charge in [-0.1, -0.05) is 11.6 Å². The smallest absolute Gasteiger partial charge is 0.253 e. The molecule has 2 fully saturated rings. The Morgan fingerprint density at radius 3 is 2.48 bits per heavy atom. The zero-order chi connectivity index (χ0) is 18.8. The lowest BCUT2D eigenvalue weighted by Gasteiger charge is -2.38. The predicted molar refractivity (Wildman–Crippen MR) is 105 cm³/mol. The second-order valence-corrected chi connectivity index (χ2v) is 7.52. The SMILES string of the molecule is O=C(c1ccc(Cl)cc1)N1CCN(C2CN(c3cccnc3)CC2O)CC1. The van der Waals surface area contributed by atoms with E-state index in [1.54, 1.807) is 30.5 Å². The lowest BCUT2D eigenvalue weighted by Crippen LogP contribution is -2.54. The molecule has 0 saturated carbocycles. The van der Waals surface area contributed by atoms with E-state index in [-0.39, 0.29) is 11.9 Å². The minimum Gasteiger partial charge on any atom is -0.390 e. The molecule has 2 unspecified atom stereocenters. The zero-order valence-electron chi connectivity index (χ0n) is 15.0. The molecule has 1 aromatic carbocycles. The topological polar surface area (TPSA) is 59.9 Å². The molecule has 142 valence electrons. The van der Waals surface area contributed by atoms with Gasteiger partial charge in [-0.05, 0) is 36.4 Å². The summed E-state index contributed by atoms with van der Waals surface area (Å²) < 4.78 is 0. The standard InChI is InChI=1S/C20H23ClN4O2/c21-16-5-3-15(4-6-16)20(27)24-10-8-23(9-11-24)18-13-25(14-19(18)26)17-2-1-7-22-12-17/h1-7,12,18-19,26H,8-11,13-14H2. The third kappa shape index (κ3) is 3.93. The number of amides is 1. The number of anilines is 1. The lowest BCUT2D eigenvalue weighted by molar-refractivity contribution is 0.0376. The Bertz CT molecular complexity index is 778. The van der Waals surface area contributed by atoms with Crippen molar-refractivity contribution in [2.45, 2.75) is 12.1 Å². The highest BCUT2D eigenvalue weighted by atomic mass is 35.5. The summed E-state index contributed by atoms with van der Waals surface area (Å²) in [6.07, 6.45) is 3.19. The van der Waals surface area contributed by atoms with Gasteiger partial charge in [-0.3, -0.25) is 14.7 Å². The van der Waals surface area contributed by atoms with Crippen molar-refractivity contribution in [1.82, 2.24) is 14.8 Å². The van der Waals surface area contributed by atoms with Crippen molar-refractivity contribution < 1.29 is 9.90 Å². The van der Waals surface area contributed by atoms with Gasteiger partial charge in [-0.2, -0.15) is 0 Å². The summed E-state index contributed by atoms with van der Waals surface area (Å²) in [6.45, 7) is 4.25. The minimum atomic E-state index is -0.399. The van der Waals surface area contributed by atoms with E-state index >= 15 is 0 Å². The van der Waals surface area contributed by atoms with Gasteiger partial charge in [0, 0.05) is 56.1 Å². The van der Waals surface area contributed by atoms with E-state index in [1.807, 2.05) is 23.2 Å². The molecule has 27 heavy (non-hydrogen) atoms. The van der Waals surface area contributed by atoms with Gasteiger partial charge >= 0.3 is 0 Å². The number of rotatable bonds is 3. The van der Waals surface area contributed by atoms with Crippen LogP contribution in [0.3, 0.4) is 0 Å². The monoisotopic (exact) mass is 386 g/mol. The number of aliphatic hydroxyl groups is 1. The Morgan fingerprint density at radius 2 is 1.81 bits per heavy atom. The molecule has 1 amide bonds. The van der Waals surface area contributed by atoms with E-state index in [1.165, 1.54) is 0 Å². The molecule has 1 aromatic heterocycles. The molecule has 1 N–H and O–H groups in total. The van der Waals surface area contributed by atoms with Crippen LogP contribution in [0.2, 0.25) is 5.02 Å². The third-order valence-corrected chi connectivity index (χ3v) is 5.68. The number of carbonyl (C=O) groups excluding carboxylic acids is 1. The van der Waals surface area contributed by atoms with Crippen LogP contribution < -0.4 is 4.90 Å². The van der Waals surface area contributed by atoms with Gasteiger partial charge in [0.05, 0.1) is 24.0 Å². The number of pyridine rings is 1. The van der Waals surface area contributed by atoms with Crippen molar-refractivity contribution in [1.29, 1.82) is 0 Å². The summed E-state index contributed by atoms with van der Waals surface area (Å²) in [5.74, 6) is 0.0373. The first-order valence-electron chi connectivity index (χ1n) is 9.24. The Hall–Kier alpha value is -2.15. The van der Waals surface area contributed by atoms with Crippen LogP contribution in [-0.2, 0) is 0 Å². The highest BCUT2D eigenvalue weighted by molar-refractivity contribution is 6.30. The second-order valence-electron chi connectivity index (χ2n) is 7.09. The largest absolute Gasteiger partial charge is 0.390 e. The van der Waals surface area contributed by atoms with E-state index in [9.17, 15) is 9.90 Å². The maximum Gasteiger partial charge on any atom is 0.253 e. The van der Waals surface area contributed by atoms with Gasteiger partial charge in [0.15, 0.2) is 0 Å². The molecule has 0 radical (unpaired) electrons. The Labute approximate surface area is 164 Å². The van der Waals surface area contributed by atoms with E-state index in [4.69, 9.17) is 11.6 Å². The zero-order valence-corrected chi connectivity index (χ0v) is 15.8. The van der Waals surface area contributed by atoms with Crippen LogP contribution in [0.5, 0.6) is 0 Å². The van der Waals surface area contributed by atoms with E-state index in [0.717, 1.165) is 25.3 Å². The summed E-state index contributed by atoms with van der Waals surface area (Å²) >= 11 is 5.90. The van der Waals surface area contributed by atoms with Crippen molar-refractivity contribution in [2.75, 3.05) is 44.2 Å². The Balaban J connectivity index is 1.35. The molecule has 3 heterocycles. The number of benzene rings is 1. The van der Waals surface area contributed by atoms with Crippen molar-refractivity contribution in [3.05, 3.63) is 59.4 Å². The van der Waals surface area contributed by atoms with Crippen LogP contribution in [0.15, 0.2) is 48.8 Å². The number of piperazine rings is 1. The van der Waals surface area contributed by atoms with Gasteiger partial charge < -0.3 is 14.9 Å². The molecular formula is C20H23ClN4O2. The van der Waals surface area contributed by atoms with Gasteiger partial charge in [0.25, 0.3) is 5.91 Å². The molecule has 2 aromatic rings. The van der Waals surface area contributed by atoms with Crippen molar-refractivity contribution in [2.24, 2.45) is 0 Å². The van der Waals surface area contributed by atoms with Crippen LogP contribution in [0, 0.1) is 0 Å². The average Bonchev–Trinajstić information content (AvgIpc) is 3.10. The van der Waals surface area contributed by atoms with E-state index in [2.05, 4.69) is 14.8 Å². The minimum absolute atomic E-state index is 0.0373. The number of carbonyl (C=O) groups is 1. The van der Waals surface area contributed by atoms with Gasteiger partial charge in [0.1, 0.15) is 0 Å². The predicted octanol–water partition coefficient (Wildman–Crippen LogP) is 1.74. The molecular weight excluding hydrogens is 364 g/mol. The Morgan fingerprint density at radius 1 is 1.07 bits per heavy atom. The summed E-state index contributed by atoms with van der Waals surface area (Å²) in [4.78, 5) is 23.2. The summed E-state index contributed by atoms with van der Waals surface area (Å²) in [7, 11) is 0. The number of halogens is 1. The lowest BCUT2D eigenvalue weighted by atomic mass is 10.1. The fourth-order valence-corrected chi connectivity index (χ4v) is 4.04. The molecule has 6 nitrogen and oxygen atoms in total. The number of aliphatic hydroxyl groups excluding tert-OH is 1. The molecule has 0 aliphatic carbocycles. The summed E-state index contributed by atoms with van der Waals surface area (Å²) in [5, 5.41) is 11.2. The summed E-state index contributed by atoms with van der Waals surface area (Å²) in [6, 6.07) is 11.0. The van der Waals surface area contributed by atoms with Gasteiger partial charge in [-0.15, -0.1) is 0 Å². The molecule has 0 spiro atoms. The molecule has 2 aliphatic heterocycles. The van der Waals surface area contributed by atoms with Crippen LogP contribution >= 0.6 is 11.6 Å². The van der Waals surface area contributed by atoms with Crippen molar-refractivity contribution in [3.8, 4) is 0 Å². The van der Waals surface area contributed by atoms with Crippen molar-refractivity contribution >= 4 is 23.2 Å². The van der Waals surface area contributed by atoms with E-state index in [0.29, 0.717) is 30.2 Å². The van der Waals surface area contributed by atoms with Crippen LogP contribution in [0.1, 0.15) is 10.4 Å². The molecule has 4 rings (SSSR count). The fourth-order valence-electron chi connectivity index (χ4n) is 3.91. The maximum absolute atomic E-state index is 12.6. The highest BCUT2D eigenvalue weighted by Gasteiger charge is 2.37. The molecule has 7 heteroatoms. The van der Waals surface area contributed by atoms with Crippen LogP contribution in [0.4, 0.5) is 5.69 Å². The number of aromatic nitrogens is 1. The number of hydrogen-bond donors (Lipinski definition) is 1. The highest BCUT2D eigenvalue weighted by Crippen LogP contribution is 2.24. The van der Waals surface area contributed by atoms with Gasteiger partial charge in [0.2, 0.25) is 0 Å². The molecule has 0 bridgehead atoms. The number of hydrogen-bond acceptors (Lipinski definition) is 5. The summed E-state index contributed by atoms with van der Waals surface area (Å²) in [5.41, 5.74) is 1.70. The molecule has 2 atom stereocenters. The maximum atomic E-state index is 12.6. The molecule has 2 saturated heterocycles. The quantitative estimate of drug-likeness (QED) is 0.870. The van der Waals surface area contributed by atoms with Gasteiger partial charge in [-0.25, -0.2) is 0 Å².